The summed E-state index contributed by atoms with van der Waals surface area (Å²) in [6, 6.07) is 15.7. The first-order valence-corrected chi connectivity index (χ1v) is 9.51. The van der Waals surface area contributed by atoms with Crippen molar-refractivity contribution in [1.82, 2.24) is 9.97 Å². The topological polar surface area (TPSA) is 70.2 Å². The Labute approximate surface area is 172 Å². The molecule has 0 fully saturated rings. The standard InChI is InChI=1S/C23H27N5O/c1-23(2,3)19-8-6-7-9-20(19)27-22-24-14-16(15-25-22)21(29)26-17-10-12-18(13-11-17)28(4)5/h6-15H,1-5H3,(H,26,29)(H,24,25,27). The number of benzene rings is 2. The normalized spacial score (nSPS) is 11.1. The number of nitrogens with zero attached hydrogens (tertiary/aromatic N) is 3. The number of carbonyl (C=O) groups excluding carboxylic acids is 1. The highest BCUT2D eigenvalue weighted by Crippen LogP contribution is 2.30. The van der Waals surface area contributed by atoms with Crippen LogP contribution in [0.25, 0.3) is 0 Å². The highest BCUT2D eigenvalue weighted by molar-refractivity contribution is 6.04. The molecule has 0 aliphatic heterocycles. The molecule has 6 nitrogen and oxygen atoms in total. The van der Waals surface area contributed by atoms with Crippen LogP contribution in [0.1, 0.15) is 36.7 Å². The molecule has 3 rings (SSSR count). The summed E-state index contributed by atoms with van der Waals surface area (Å²) in [7, 11) is 3.95. The summed E-state index contributed by atoms with van der Waals surface area (Å²) < 4.78 is 0. The van der Waals surface area contributed by atoms with Crippen LogP contribution < -0.4 is 15.5 Å². The average molecular weight is 390 g/mol. The molecule has 1 heterocycles. The van der Waals surface area contributed by atoms with E-state index in [1.807, 2.05) is 61.5 Å². The van der Waals surface area contributed by atoms with Crippen LogP contribution in [0, 0.1) is 0 Å². The van der Waals surface area contributed by atoms with E-state index in [1.165, 1.54) is 18.0 Å². The van der Waals surface area contributed by atoms with Crippen LogP contribution in [-0.2, 0) is 5.41 Å². The van der Waals surface area contributed by atoms with Gasteiger partial charge in [0.25, 0.3) is 5.91 Å². The zero-order chi connectivity index (χ0) is 21.0. The third kappa shape index (κ3) is 5.10. The maximum absolute atomic E-state index is 12.5. The number of rotatable bonds is 5. The summed E-state index contributed by atoms with van der Waals surface area (Å²) in [5.41, 5.74) is 4.31. The molecule has 2 N–H and O–H groups in total. The lowest BCUT2D eigenvalue weighted by Gasteiger charge is -2.22. The summed E-state index contributed by atoms with van der Waals surface area (Å²) in [4.78, 5) is 23.1. The number of hydrogen-bond acceptors (Lipinski definition) is 5. The lowest BCUT2D eigenvalue weighted by molar-refractivity contribution is 0.102. The van der Waals surface area contributed by atoms with Gasteiger partial charge in [-0.2, -0.15) is 0 Å². The van der Waals surface area contributed by atoms with E-state index in [0.717, 1.165) is 17.1 Å². The Kier molecular flexibility index (Phi) is 5.82. The molecule has 6 heteroatoms. The van der Waals surface area contributed by atoms with Crippen molar-refractivity contribution in [2.45, 2.75) is 26.2 Å². The zero-order valence-electron chi connectivity index (χ0n) is 17.5. The van der Waals surface area contributed by atoms with E-state index in [2.05, 4.69) is 47.4 Å². The molecule has 150 valence electrons. The van der Waals surface area contributed by atoms with Gasteiger partial charge in [0.2, 0.25) is 5.95 Å². The second-order valence-corrected chi connectivity index (χ2v) is 8.11. The molecule has 0 unspecified atom stereocenters. The maximum Gasteiger partial charge on any atom is 0.258 e. The van der Waals surface area contributed by atoms with Crippen LogP contribution in [-0.4, -0.2) is 30.0 Å². The number of amides is 1. The van der Waals surface area contributed by atoms with E-state index in [9.17, 15) is 4.79 Å². The minimum Gasteiger partial charge on any atom is -0.378 e. The number of carbonyl (C=O) groups is 1. The highest BCUT2D eigenvalue weighted by atomic mass is 16.1. The Bertz CT molecular complexity index is 973. The molecule has 0 aliphatic rings. The molecule has 0 aliphatic carbocycles. The van der Waals surface area contributed by atoms with Crippen molar-refractivity contribution in [3.8, 4) is 0 Å². The molecule has 0 atom stereocenters. The Morgan fingerprint density at radius 2 is 1.55 bits per heavy atom. The van der Waals surface area contributed by atoms with E-state index in [4.69, 9.17) is 0 Å². The molecule has 1 aromatic heterocycles. The largest absolute Gasteiger partial charge is 0.378 e. The Hall–Kier alpha value is -3.41. The van der Waals surface area contributed by atoms with Crippen molar-refractivity contribution in [2.75, 3.05) is 29.6 Å². The van der Waals surface area contributed by atoms with Gasteiger partial charge in [0.05, 0.1) is 5.56 Å². The van der Waals surface area contributed by atoms with Gasteiger partial charge in [-0.3, -0.25) is 4.79 Å². The van der Waals surface area contributed by atoms with Crippen molar-refractivity contribution in [3.63, 3.8) is 0 Å². The van der Waals surface area contributed by atoms with Gasteiger partial charge in [0.15, 0.2) is 0 Å². The van der Waals surface area contributed by atoms with Gasteiger partial charge in [0, 0.05) is 43.6 Å². The van der Waals surface area contributed by atoms with Gasteiger partial charge in [-0.1, -0.05) is 39.0 Å². The minimum atomic E-state index is -0.246. The average Bonchev–Trinajstić information content (AvgIpc) is 2.68. The molecule has 29 heavy (non-hydrogen) atoms. The predicted molar refractivity (Wildman–Crippen MR) is 119 cm³/mol. The first kappa shape index (κ1) is 20.3. The van der Waals surface area contributed by atoms with Gasteiger partial charge < -0.3 is 15.5 Å². The van der Waals surface area contributed by atoms with Crippen LogP contribution in [0.3, 0.4) is 0 Å². The first-order valence-electron chi connectivity index (χ1n) is 9.51. The molecule has 1 amide bonds. The molecule has 0 radical (unpaired) electrons. The van der Waals surface area contributed by atoms with Crippen molar-refractivity contribution in [2.24, 2.45) is 0 Å². The molecule has 0 saturated carbocycles. The smallest absolute Gasteiger partial charge is 0.258 e. The monoisotopic (exact) mass is 389 g/mol. The van der Waals surface area contributed by atoms with Crippen molar-refractivity contribution in [3.05, 3.63) is 72.1 Å². The summed E-state index contributed by atoms with van der Waals surface area (Å²) >= 11 is 0. The van der Waals surface area contributed by atoms with Gasteiger partial charge in [-0.15, -0.1) is 0 Å². The third-order valence-corrected chi connectivity index (χ3v) is 4.54. The highest BCUT2D eigenvalue weighted by Gasteiger charge is 2.18. The second-order valence-electron chi connectivity index (χ2n) is 8.11. The Morgan fingerprint density at radius 3 is 2.14 bits per heavy atom. The number of para-hydroxylation sites is 1. The number of hydrogen-bond donors (Lipinski definition) is 2. The lowest BCUT2D eigenvalue weighted by atomic mass is 9.86. The van der Waals surface area contributed by atoms with E-state index >= 15 is 0 Å². The predicted octanol–water partition coefficient (Wildman–Crippen LogP) is 4.84. The molecule has 2 aromatic carbocycles. The van der Waals surface area contributed by atoms with E-state index in [1.54, 1.807) is 0 Å². The van der Waals surface area contributed by atoms with Crippen LogP contribution in [0.4, 0.5) is 23.0 Å². The van der Waals surface area contributed by atoms with E-state index in [-0.39, 0.29) is 11.3 Å². The molecule has 0 bridgehead atoms. The van der Waals surface area contributed by atoms with Crippen molar-refractivity contribution >= 4 is 28.9 Å². The minimum absolute atomic E-state index is 0.00838. The second kappa shape index (κ2) is 8.31. The number of anilines is 4. The van der Waals surface area contributed by atoms with Gasteiger partial charge in [-0.05, 0) is 41.3 Å². The van der Waals surface area contributed by atoms with Gasteiger partial charge in [-0.25, -0.2) is 9.97 Å². The van der Waals surface area contributed by atoms with Crippen LogP contribution in [0.2, 0.25) is 0 Å². The fourth-order valence-corrected chi connectivity index (χ4v) is 2.92. The molecule has 3 aromatic rings. The molecule has 0 saturated heterocycles. The number of aromatic nitrogens is 2. The fourth-order valence-electron chi connectivity index (χ4n) is 2.92. The summed E-state index contributed by atoms with van der Waals surface area (Å²) in [5, 5.41) is 6.12. The summed E-state index contributed by atoms with van der Waals surface area (Å²) in [6.07, 6.45) is 3.05. The lowest BCUT2D eigenvalue weighted by Crippen LogP contribution is -2.15. The quantitative estimate of drug-likeness (QED) is 0.654. The molecular formula is C23H27N5O. The molecular weight excluding hydrogens is 362 g/mol. The summed E-state index contributed by atoms with van der Waals surface area (Å²) in [5.74, 6) is 0.206. The maximum atomic E-state index is 12.5. The fraction of sp³-hybridized carbons (Fsp3) is 0.261. The van der Waals surface area contributed by atoms with E-state index < -0.39 is 0 Å². The van der Waals surface area contributed by atoms with Gasteiger partial charge >= 0.3 is 0 Å². The van der Waals surface area contributed by atoms with Crippen LogP contribution in [0.15, 0.2) is 60.9 Å². The third-order valence-electron chi connectivity index (χ3n) is 4.54. The zero-order valence-corrected chi connectivity index (χ0v) is 17.5. The first-order chi connectivity index (χ1) is 13.7. The SMILES string of the molecule is CN(C)c1ccc(NC(=O)c2cnc(Nc3ccccc3C(C)(C)C)nc2)cc1. The Balaban J connectivity index is 1.70. The molecule has 0 spiro atoms. The number of nitrogens with one attached hydrogen (secondary N) is 2. The van der Waals surface area contributed by atoms with Crippen LogP contribution in [0.5, 0.6) is 0 Å². The van der Waals surface area contributed by atoms with Crippen molar-refractivity contribution < 1.29 is 4.79 Å². The van der Waals surface area contributed by atoms with Crippen molar-refractivity contribution in [1.29, 1.82) is 0 Å². The summed E-state index contributed by atoms with van der Waals surface area (Å²) in [6.45, 7) is 6.48. The van der Waals surface area contributed by atoms with E-state index in [0.29, 0.717) is 11.5 Å². The Morgan fingerprint density at radius 1 is 0.931 bits per heavy atom. The van der Waals surface area contributed by atoms with Crippen LogP contribution >= 0.6 is 0 Å². The van der Waals surface area contributed by atoms with Gasteiger partial charge in [0.1, 0.15) is 0 Å².